The van der Waals surface area contributed by atoms with Crippen LogP contribution in [0.3, 0.4) is 0 Å². The lowest BCUT2D eigenvalue weighted by Crippen LogP contribution is -2.17. The number of aromatic carboxylic acids is 1. The third-order valence-corrected chi connectivity index (χ3v) is 3.85. The molecule has 1 aliphatic rings. The van der Waals surface area contributed by atoms with E-state index in [0.29, 0.717) is 17.2 Å². The smallest absolute Gasteiger partial charge is 0.347 e. The van der Waals surface area contributed by atoms with Crippen LogP contribution in [0.4, 0.5) is 5.13 Å². The predicted molar refractivity (Wildman–Crippen MR) is 65.9 cm³/mol. The number of thiazole rings is 1. The van der Waals surface area contributed by atoms with E-state index in [1.54, 1.807) is 0 Å². The van der Waals surface area contributed by atoms with Gasteiger partial charge in [-0.15, -0.1) is 0 Å². The normalized spacial score (nSPS) is 15.5. The highest BCUT2D eigenvalue weighted by Gasteiger charge is 2.22. The van der Waals surface area contributed by atoms with Crippen LogP contribution in [0.1, 0.15) is 35.1 Å². The second-order valence-electron chi connectivity index (χ2n) is 3.91. The van der Waals surface area contributed by atoms with Crippen molar-refractivity contribution in [1.82, 2.24) is 4.98 Å². The molecule has 2 heterocycles. The monoisotopic (exact) mass is 256 g/mol. The van der Waals surface area contributed by atoms with Crippen LogP contribution in [0, 0.1) is 0 Å². The molecule has 0 aromatic carbocycles. The lowest BCUT2D eigenvalue weighted by atomic mass is 10.4. The minimum Gasteiger partial charge on any atom is -0.477 e. The van der Waals surface area contributed by atoms with Gasteiger partial charge in [0.05, 0.1) is 12.3 Å². The summed E-state index contributed by atoms with van der Waals surface area (Å²) in [4.78, 5) is 18.0. The third-order valence-electron chi connectivity index (χ3n) is 2.70. The van der Waals surface area contributed by atoms with Crippen molar-refractivity contribution >= 4 is 22.4 Å². The van der Waals surface area contributed by atoms with Crippen LogP contribution in [-0.2, 0) is 11.3 Å². The zero-order valence-electron chi connectivity index (χ0n) is 9.81. The molecule has 0 unspecified atom stereocenters. The molecule has 1 aromatic rings. The Morgan fingerprint density at radius 1 is 1.53 bits per heavy atom. The predicted octanol–water partition coefficient (Wildman–Crippen LogP) is 1.98. The number of ether oxygens (including phenoxy) is 1. The molecule has 94 valence electrons. The van der Waals surface area contributed by atoms with E-state index < -0.39 is 5.97 Å². The van der Waals surface area contributed by atoms with Gasteiger partial charge in [0.25, 0.3) is 0 Å². The Labute approximate surface area is 104 Å². The van der Waals surface area contributed by atoms with Crippen molar-refractivity contribution in [2.24, 2.45) is 0 Å². The van der Waals surface area contributed by atoms with Gasteiger partial charge >= 0.3 is 5.97 Å². The summed E-state index contributed by atoms with van der Waals surface area (Å²) >= 11 is 1.25. The summed E-state index contributed by atoms with van der Waals surface area (Å²) < 4.78 is 5.25. The zero-order chi connectivity index (χ0) is 12.3. The number of carboxylic acid groups (broad SMARTS) is 1. The van der Waals surface area contributed by atoms with Crippen molar-refractivity contribution in [1.29, 1.82) is 0 Å². The van der Waals surface area contributed by atoms with Gasteiger partial charge in [-0.05, 0) is 19.8 Å². The van der Waals surface area contributed by atoms with E-state index in [2.05, 4.69) is 9.88 Å². The van der Waals surface area contributed by atoms with E-state index >= 15 is 0 Å². The maximum atomic E-state index is 11.1. The van der Waals surface area contributed by atoms with Gasteiger partial charge < -0.3 is 14.7 Å². The van der Waals surface area contributed by atoms with E-state index in [1.807, 2.05) is 6.92 Å². The number of hydrogen-bond donors (Lipinski definition) is 1. The van der Waals surface area contributed by atoms with Crippen LogP contribution < -0.4 is 4.90 Å². The van der Waals surface area contributed by atoms with Crippen molar-refractivity contribution in [3.8, 4) is 0 Å². The largest absolute Gasteiger partial charge is 0.477 e. The molecule has 0 spiro atoms. The number of hydrogen-bond acceptors (Lipinski definition) is 5. The Kier molecular flexibility index (Phi) is 3.96. The van der Waals surface area contributed by atoms with Crippen molar-refractivity contribution in [2.45, 2.75) is 26.4 Å². The SMILES string of the molecule is CCOCc1nc(N2CCCC2)sc1C(=O)O. The van der Waals surface area contributed by atoms with Crippen LogP contribution >= 0.6 is 11.3 Å². The average molecular weight is 256 g/mol. The maximum absolute atomic E-state index is 11.1. The molecule has 0 saturated carbocycles. The van der Waals surface area contributed by atoms with E-state index in [0.717, 1.165) is 31.1 Å². The second-order valence-corrected chi connectivity index (χ2v) is 4.89. The van der Waals surface area contributed by atoms with Crippen molar-refractivity contribution in [3.05, 3.63) is 10.6 Å². The summed E-state index contributed by atoms with van der Waals surface area (Å²) in [6.07, 6.45) is 2.31. The highest BCUT2D eigenvalue weighted by molar-refractivity contribution is 7.17. The first kappa shape index (κ1) is 12.3. The molecule has 1 fully saturated rings. The lowest BCUT2D eigenvalue weighted by Gasteiger charge is -2.12. The molecule has 0 amide bonds. The van der Waals surface area contributed by atoms with E-state index in [4.69, 9.17) is 9.84 Å². The average Bonchev–Trinajstić information content (AvgIpc) is 2.94. The molecule has 5 nitrogen and oxygen atoms in total. The summed E-state index contributed by atoms with van der Waals surface area (Å²) in [5.41, 5.74) is 0.547. The quantitative estimate of drug-likeness (QED) is 0.872. The molecule has 1 saturated heterocycles. The van der Waals surface area contributed by atoms with Crippen LogP contribution in [0.15, 0.2) is 0 Å². The van der Waals surface area contributed by atoms with Gasteiger partial charge in [0, 0.05) is 19.7 Å². The highest BCUT2D eigenvalue weighted by Crippen LogP contribution is 2.29. The molecular formula is C11H16N2O3S. The molecule has 0 atom stereocenters. The summed E-state index contributed by atoms with van der Waals surface area (Å²) in [6, 6.07) is 0. The van der Waals surface area contributed by atoms with Crippen LogP contribution in [0.5, 0.6) is 0 Å². The maximum Gasteiger partial charge on any atom is 0.347 e. The molecule has 2 rings (SSSR count). The van der Waals surface area contributed by atoms with Crippen molar-refractivity contribution in [2.75, 3.05) is 24.6 Å². The first-order valence-electron chi connectivity index (χ1n) is 5.78. The van der Waals surface area contributed by atoms with E-state index in [1.165, 1.54) is 11.3 Å². The molecule has 0 radical (unpaired) electrons. The van der Waals surface area contributed by atoms with Gasteiger partial charge in [0.15, 0.2) is 5.13 Å². The van der Waals surface area contributed by atoms with Crippen molar-refractivity contribution in [3.63, 3.8) is 0 Å². The summed E-state index contributed by atoms with van der Waals surface area (Å²) in [5.74, 6) is -0.914. The first-order chi connectivity index (χ1) is 8.22. The number of aromatic nitrogens is 1. The van der Waals surface area contributed by atoms with Gasteiger partial charge in [0.1, 0.15) is 4.88 Å². The standard InChI is InChI=1S/C11H16N2O3S/c1-2-16-7-8-9(10(14)15)17-11(12-8)13-5-3-4-6-13/h2-7H2,1H3,(H,14,15). The highest BCUT2D eigenvalue weighted by atomic mass is 32.1. The summed E-state index contributed by atoms with van der Waals surface area (Å²) in [7, 11) is 0. The van der Waals surface area contributed by atoms with E-state index in [9.17, 15) is 4.79 Å². The molecule has 1 aliphatic heterocycles. The van der Waals surface area contributed by atoms with Crippen molar-refractivity contribution < 1.29 is 14.6 Å². The Morgan fingerprint density at radius 2 is 2.24 bits per heavy atom. The Hall–Kier alpha value is -1.14. The first-order valence-corrected chi connectivity index (χ1v) is 6.59. The molecule has 0 bridgehead atoms. The van der Waals surface area contributed by atoms with Crippen LogP contribution in [-0.4, -0.2) is 35.8 Å². The number of carbonyl (C=O) groups is 1. The van der Waals surface area contributed by atoms with Gasteiger partial charge in [-0.25, -0.2) is 9.78 Å². The number of carboxylic acids is 1. The lowest BCUT2D eigenvalue weighted by molar-refractivity contribution is 0.0693. The fourth-order valence-corrected chi connectivity index (χ4v) is 2.81. The Balaban J connectivity index is 2.20. The molecule has 6 heteroatoms. The number of nitrogens with zero attached hydrogens (tertiary/aromatic N) is 2. The zero-order valence-corrected chi connectivity index (χ0v) is 10.6. The van der Waals surface area contributed by atoms with Gasteiger partial charge in [-0.2, -0.15) is 0 Å². The minimum atomic E-state index is -0.914. The van der Waals surface area contributed by atoms with Gasteiger partial charge in [0.2, 0.25) is 0 Å². The van der Waals surface area contributed by atoms with E-state index in [-0.39, 0.29) is 6.61 Å². The third kappa shape index (κ3) is 2.76. The molecule has 1 aromatic heterocycles. The van der Waals surface area contributed by atoms with Gasteiger partial charge in [-0.1, -0.05) is 11.3 Å². The van der Waals surface area contributed by atoms with Crippen LogP contribution in [0.2, 0.25) is 0 Å². The summed E-state index contributed by atoms with van der Waals surface area (Å²) in [5, 5.41) is 9.93. The fourth-order valence-electron chi connectivity index (χ4n) is 1.85. The molecule has 1 N–H and O–H groups in total. The Morgan fingerprint density at radius 3 is 2.82 bits per heavy atom. The minimum absolute atomic E-state index is 0.280. The number of anilines is 1. The molecule has 17 heavy (non-hydrogen) atoms. The second kappa shape index (κ2) is 5.46. The van der Waals surface area contributed by atoms with Gasteiger partial charge in [-0.3, -0.25) is 0 Å². The summed E-state index contributed by atoms with van der Waals surface area (Å²) in [6.45, 7) is 4.67. The number of rotatable bonds is 5. The fraction of sp³-hybridized carbons (Fsp3) is 0.636. The molecule has 0 aliphatic carbocycles. The Bertz CT molecular complexity index is 399. The molecular weight excluding hydrogens is 240 g/mol. The topological polar surface area (TPSA) is 62.7 Å². The van der Waals surface area contributed by atoms with Crippen LogP contribution in [0.25, 0.3) is 0 Å².